The molecule has 0 spiro atoms. The number of nitrogens with zero attached hydrogens (tertiary/aromatic N) is 3. The molecule has 3 aromatic rings. The zero-order chi connectivity index (χ0) is 22.4. The summed E-state index contributed by atoms with van der Waals surface area (Å²) in [5, 5.41) is 20.9. The van der Waals surface area contributed by atoms with Crippen molar-refractivity contribution in [3.8, 4) is 11.3 Å². The average molecular weight is 425 g/mol. The summed E-state index contributed by atoms with van der Waals surface area (Å²) in [4.78, 5) is 24.8. The number of aromatic amines is 1. The van der Waals surface area contributed by atoms with Gasteiger partial charge in [-0.15, -0.1) is 0 Å². The summed E-state index contributed by atoms with van der Waals surface area (Å²) in [7, 11) is 1.86. The first-order chi connectivity index (χ1) is 14.8. The van der Waals surface area contributed by atoms with Crippen molar-refractivity contribution in [3.63, 3.8) is 0 Å². The van der Waals surface area contributed by atoms with Crippen molar-refractivity contribution < 1.29 is 14.1 Å². The third kappa shape index (κ3) is 5.95. The van der Waals surface area contributed by atoms with Crippen LogP contribution in [0.1, 0.15) is 19.0 Å². The highest BCUT2D eigenvalue weighted by Crippen LogP contribution is 2.19. The number of nitro groups is 1. The van der Waals surface area contributed by atoms with Gasteiger partial charge in [0, 0.05) is 29.1 Å². The molecule has 2 aromatic carbocycles. The van der Waals surface area contributed by atoms with Crippen LogP contribution in [0.25, 0.3) is 11.3 Å². The molecule has 0 aliphatic heterocycles. The highest BCUT2D eigenvalue weighted by molar-refractivity contribution is 5.94. The molecule has 0 saturated heterocycles. The topological polar surface area (TPSA) is 104 Å². The fraction of sp³-hybridized carbons (Fsp3) is 0.273. The molecule has 1 aromatic heterocycles. The summed E-state index contributed by atoms with van der Waals surface area (Å²) in [5.41, 5.74) is 2.88. The van der Waals surface area contributed by atoms with Crippen LogP contribution in [0.15, 0.2) is 54.6 Å². The van der Waals surface area contributed by atoms with Gasteiger partial charge in [0.05, 0.1) is 16.7 Å². The van der Waals surface area contributed by atoms with Crippen LogP contribution in [0.2, 0.25) is 0 Å². The van der Waals surface area contributed by atoms with Crippen molar-refractivity contribution in [1.29, 1.82) is 0 Å². The van der Waals surface area contributed by atoms with Gasteiger partial charge in [-0.05, 0) is 69.8 Å². The fourth-order valence-electron chi connectivity index (χ4n) is 3.11. The Morgan fingerprint density at radius 3 is 2.71 bits per heavy atom. The third-order valence-electron chi connectivity index (χ3n) is 5.09. The number of hydrogen-bond donors (Lipinski definition) is 2. The SMILES string of the molecule is CC(C(=O)Nc1cccc([N+](=O)[O-])c1)N(C)CCCc1cc(-c2ccc(F)cc2)n[nH]1. The Bertz CT molecular complexity index is 1050. The van der Waals surface area contributed by atoms with Crippen LogP contribution in [-0.2, 0) is 11.2 Å². The molecule has 3 rings (SSSR count). The number of amides is 1. The molecule has 2 N–H and O–H groups in total. The molecule has 1 amide bonds. The van der Waals surface area contributed by atoms with Gasteiger partial charge in [-0.25, -0.2) is 4.39 Å². The number of aromatic nitrogens is 2. The van der Waals surface area contributed by atoms with Crippen molar-refractivity contribution in [2.45, 2.75) is 25.8 Å². The second-order valence-electron chi connectivity index (χ2n) is 7.34. The number of halogens is 1. The van der Waals surface area contributed by atoms with Gasteiger partial charge < -0.3 is 5.32 Å². The molecule has 0 bridgehead atoms. The van der Waals surface area contributed by atoms with Gasteiger partial charge in [0.25, 0.3) is 5.69 Å². The number of rotatable bonds is 9. The zero-order valence-corrected chi connectivity index (χ0v) is 17.3. The van der Waals surface area contributed by atoms with Gasteiger partial charge in [-0.1, -0.05) is 6.07 Å². The highest BCUT2D eigenvalue weighted by atomic mass is 19.1. The van der Waals surface area contributed by atoms with Crippen LogP contribution in [0.3, 0.4) is 0 Å². The van der Waals surface area contributed by atoms with Gasteiger partial charge in [-0.2, -0.15) is 5.10 Å². The minimum atomic E-state index is -0.498. The summed E-state index contributed by atoms with van der Waals surface area (Å²) in [6.07, 6.45) is 1.55. The molecule has 9 heteroatoms. The second-order valence-corrected chi connectivity index (χ2v) is 7.34. The Morgan fingerprint density at radius 2 is 2.00 bits per heavy atom. The lowest BCUT2D eigenvalue weighted by Gasteiger charge is -2.23. The molecule has 0 radical (unpaired) electrons. The molecule has 162 valence electrons. The number of carbonyl (C=O) groups excluding carboxylic acids is 1. The Morgan fingerprint density at radius 1 is 1.26 bits per heavy atom. The van der Waals surface area contributed by atoms with Crippen LogP contribution < -0.4 is 5.32 Å². The molecular weight excluding hydrogens is 401 g/mol. The van der Waals surface area contributed by atoms with Gasteiger partial charge in [0.1, 0.15) is 5.82 Å². The maximum atomic E-state index is 13.1. The predicted octanol–water partition coefficient (Wildman–Crippen LogP) is 4.02. The van der Waals surface area contributed by atoms with Crippen LogP contribution in [0, 0.1) is 15.9 Å². The van der Waals surface area contributed by atoms with Crippen molar-refractivity contribution in [1.82, 2.24) is 15.1 Å². The van der Waals surface area contributed by atoms with Crippen LogP contribution in [0.4, 0.5) is 15.8 Å². The maximum absolute atomic E-state index is 13.1. The summed E-state index contributed by atoms with van der Waals surface area (Å²) in [6.45, 7) is 2.46. The highest BCUT2D eigenvalue weighted by Gasteiger charge is 2.18. The van der Waals surface area contributed by atoms with E-state index < -0.39 is 11.0 Å². The van der Waals surface area contributed by atoms with Gasteiger partial charge in [-0.3, -0.25) is 24.9 Å². The molecule has 0 aliphatic carbocycles. The quantitative estimate of drug-likeness (QED) is 0.398. The Balaban J connectivity index is 1.48. The molecule has 0 saturated carbocycles. The lowest BCUT2D eigenvalue weighted by Crippen LogP contribution is -2.40. The third-order valence-corrected chi connectivity index (χ3v) is 5.09. The van der Waals surface area contributed by atoms with E-state index in [9.17, 15) is 19.3 Å². The normalized spacial score (nSPS) is 12.0. The minimum absolute atomic E-state index is 0.0710. The fourth-order valence-corrected chi connectivity index (χ4v) is 3.11. The van der Waals surface area contributed by atoms with Crippen LogP contribution in [0.5, 0.6) is 0 Å². The lowest BCUT2D eigenvalue weighted by molar-refractivity contribution is -0.384. The van der Waals surface area contributed by atoms with E-state index in [0.29, 0.717) is 12.2 Å². The predicted molar refractivity (Wildman–Crippen MR) is 116 cm³/mol. The van der Waals surface area contributed by atoms with Crippen LogP contribution in [-0.4, -0.2) is 45.6 Å². The molecule has 1 unspecified atom stereocenters. The number of non-ortho nitro benzene ring substituents is 1. The number of H-pyrrole nitrogens is 1. The summed E-state index contributed by atoms with van der Waals surface area (Å²) < 4.78 is 13.1. The smallest absolute Gasteiger partial charge is 0.271 e. The van der Waals surface area contributed by atoms with E-state index in [1.807, 2.05) is 18.0 Å². The van der Waals surface area contributed by atoms with E-state index in [4.69, 9.17) is 0 Å². The lowest BCUT2D eigenvalue weighted by atomic mass is 10.1. The number of anilines is 1. The molecule has 31 heavy (non-hydrogen) atoms. The number of likely N-dealkylation sites (N-methyl/N-ethyl adjacent to an activating group) is 1. The Kier molecular flexibility index (Phi) is 7.09. The van der Waals surface area contributed by atoms with E-state index in [1.54, 1.807) is 25.1 Å². The minimum Gasteiger partial charge on any atom is -0.324 e. The van der Waals surface area contributed by atoms with E-state index in [-0.39, 0.29) is 17.4 Å². The monoisotopic (exact) mass is 425 g/mol. The first-order valence-electron chi connectivity index (χ1n) is 9.89. The number of aryl methyl sites for hydroxylation is 1. The van der Waals surface area contributed by atoms with Crippen molar-refractivity contribution in [2.24, 2.45) is 0 Å². The summed E-state index contributed by atoms with van der Waals surface area (Å²) >= 11 is 0. The molecule has 0 fully saturated rings. The van der Waals surface area contributed by atoms with Gasteiger partial charge in [0.15, 0.2) is 0 Å². The van der Waals surface area contributed by atoms with Crippen molar-refractivity contribution in [2.75, 3.05) is 18.9 Å². The number of hydrogen-bond acceptors (Lipinski definition) is 5. The number of nitro benzene ring substituents is 1. The maximum Gasteiger partial charge on any atom is 0.271 e. The summed E-state index contributed by atoms with van der Waals surface area (Å²) in [5.74, 6) is -0.519. The molecule has 8 nitrogen and oxygen atoms in total. The Labute approximate surface area is 179 Å². The van der Waals surface area contributed by atoms with Gasteiger partial charge in [0.2, 0.25) is 5.91 Å². The molecule has 1 atom stereocenters. The Hall–Kier alpha value is -3.59. The number of benzene rings is 2. The van der Waals surface area contributed by atoms with Gasteiger partial charge >= 0.3 is 0 Å². The van der Waals surface area contributed by atoms with E-state index >= 15 is 0 Å². The first kappa shape index (κ1) is 22.1. The first-order valence-corrected chi connectivity index (χ1v) is 9.89. The number of nitrogens with one attached hydrogen (secondary N) is 2. The van der Waals surface area contributed by atoms with E-state index in [1.165, 1.54) is 30.3 Å². The second kappa shape index (κ2) is 9.94. The van der Waals surface area contributed by atoms with Crippen LogP contribution >= 0.6 is 0 Å². The summed E-state index contributed by atoms with van der Waals surface area (Å²) in [6, 6.07) is 13.6. The van der Waals surface area contributed by atoms with Crippen molar-refractivity contribution >= 4 is 17.3 Å². The molecular formula is C22H24FN5O3. The average Bonchev–Trinajstić information content (AvgIpc) is 3.22. The van der Waals surface area contributed by atoms with E-state index in [0.717, 1.165) is 29.8 Å². The zero-order valence-electron chi connectivity index (χ0n) is 17.3. The van der Waals surface area contributed by atoms with Crippen molar-refractivity contribution in [3.05, 3.63) is 76.2 Å². The molecule has 0 aliphatic rings. The molecule has 1 heterocycles. The van der Waals surface area contributed by atoms with E-state index in [2.05, 4.69) is 15.5 Å². The number of carbonyl (C=O) groups is 1. The standard InChI is InChI=1S/C22H24FN5O3/c1-15(22(29)24-18-5-3-7-20(13-18)28(30)31)27(2)12-4-6-19-14-21(26-25-19)16-8-10-17(23)11-9-16/h3,5,7-11,13-15H,4,6,12H2,1-2H3,(H,24,29)(H,25,26). The largest absolute Gasteiger partial charge is 0.324 e.